The predicted molar refractivity (Wildman–Crippen MR) is 109 cm³/mol. The van der Waals surface area contributed by atoms with Crippen LogP contribution in [0, 0.1) is 0 Å². The molecule has 7 nitrogen and oxygen atoms in total. The highest BCUT2D eigenvalue weighted by Crippen LogP contribution is 2.29. The van der Waals surface area contributed by atoms with E-state index in [0.717, 1.165) is 17.0 Å². The Morgan fingerprint density at radius 2 is 1.71 bits per heavy atom. The molecule has 28 heavy (non-hydrogen) atoms. The van der Waals surface area contributed by atoms with Crippen LogP contribution >= 0.6 is 11.3 Å². The molecule has 2 rings (SSSR count). The van der Waals surface area contributed by atoms with Gasteiger partial charge in [-0.2, -0.15) is 0 Å². The van der Waals surface area contributed by atoms with Crippen LogP contribution in [0.25, 0.3) is 0 Å². The molecule has 1 aromatic carbocycles. The van der Waals surface area contributed by atoms with Crippen molar-refractivity contribution in [2.45, 2.75) is 20.3 Å². The number of hydrogen-bond donors (Lipinski definition) is 1. The van der Waals surface area contributed by atoms with Gasteiger partial charge in [0.2, 0.25) is 0 Å². The maximum absolute atomic E-state index is 12.2. The zero-order chi connectivity index (χ0) is 20.7. The Hall–Kier alpha value is -2.87. The van der Waals surface area contributed by atoms with Crippen molar-refractivity contribution < 1.29 is 23.9 Å². The molecule has 0 unspecified atom stereocenters. The third kappa shape index (κ3) is 5.56. The fourth-order valence-corrected chi connectivity index (χ4v) is 3.34. The van der Waals surface area contributed by atoms with Crippen molar-refractivity contribution in [1.82, 2.24) is 0 Å². The molecule has 0 saturated heterocycles. The van der Waals surface area contributed by atoms with Crippen LogP contribution in [0.5, 0.6) is 0 Å². The molecular weight excluding hydrogens is 380 g/mol. The minimum absolute atomic E-state index is 0.244. The molecule has 1 aromatic heterocycles. The molecule has 0 aliphatic rings. The lowest BCUT2D eigenvalue weighted by Gasteiger charge is -2.12. The van der Waals surface area contributed by atoms with Gasteiger partial charge in [0.25, 0.3) is 5.91 Å². The van der Waals surface area contributed by atoms with Gasteiger partial charge in [0.15, 0.2) is 6.61 Å². The monoisotopic (exact) mass is 404 g/mol. The van der Waals surface area contributed by atoms with E-state index in [1.165, 1.54) is 11.3 Å². The van der Waals surface area contributed by atoms with Gasteiger partial charge in [0.05, 0.1) is 17.7 Å². The first-order chi connectivity index (χ1) is 13.3. The molecule has 0 spiro atoms. The molecule has 1 heterocycles. The number of nitrogens with zero attached hydrogens (tertiary/aromatic N) is 1. The van der Waals surface area contributed by atoms with Gasteiger partial charge in [-0.25, -0.2) is 9.59 Å². The molecule has 0 bridgehead atoms. The SMILES string of the molecule is CCOC(=O)c1cc(CC)sc1NC(=O)COC(=O)c1ccc(N(C)C)cc1. The standard InChI is InChI=1S/C20H24N2O5S/c1-5-15-11-16(20(25)26-6-2)18(28-15)21-17(23)12-27-19(24)13-7-9-14(10-8-13)22(3)4/h7-11H,5-6,12H2,1-4H3,(H,21,23). The number of esters is 2. The van der Waals surface area contributed by atoms with Gasteiger partial charge in [-0.05, 0) is 43.7 Å². The minimum Gasteiger partial charge on any atom is -0.462 e. The molecule has 8 heteroatoms. The van der Waals surface area contributed by atoms with E-state index in [1.807, 2.05) is 25.9 Å². The summed E-state index contributed by atoms with van der Waals surface area (Å²) < 4.78 is 10.1. The van der Waals surface area contributed by atoms with Crippen LogP contribution in [0.1, 0.15) is 39.4 Å². The second kappa shape index (κ2) is 9.89. The van der Waals surface area contributed by atoms with E-state index in [2.05, 4.69) is 5.32 Å². The summed E-state index contributed by atoms with van der Waals surface area (Å²) in [5, 5.41) is 3.03. The Morgan fingerprint density at radius 1 is 1.04 bits per heavy atom. The summed E-state index contributed by atoms with van der Waals surface area (Å²) in [7, 11) is 3.80. The molecule has 0 saturated carbocycles. The Morgan fingerprint density at radius 3 is 2.29 bits per heavy atom. The molecule has 0 aliphatic carbocycles. The number of rotatable bonds is 8. The number of anilines is 2. The summed E-state index contributed by atoms with van der Waals surface area (Å²) in [5.41, 5.74) is 1.61. The van der Waals surface area contributed by atoms with Crippen molar-refractivity contribution in [2.75, 3.05) is 37.5 Å². The van der Waals surface area contributed by atoms with Crippen LogP contribution in [0.2, 0.25) is 0 Å². The largest absolute Gasteiger partial charge is 0.462 e. The average Bonchev–Trinajstić information content (AvgIpc) is 3.09. The second-order valence-corrected chi connectivity index (χ2v) is 7.23. The maximum atomic E-state index is 12.2. The summed E-state index contributed by atoms with van der Waals surface area (Å²) in [5.74, 6) is -1.61. The van der Waals surface area contributed by atoms with Gasteiger partial charge in [-0.15, -0.1) is 11.3 Å². The molecule has 1 amide bonds. The number of thiophene rings is 1. The van der Waals surface area contributed by atoms with Crippen molar-refractivity contribution in [1.29, 1.82) is 0 Å². The third-order valence-electron chi connectivity index (χ3n) is 3.83. The number of carbonyl (C=O) groups excluding carboxylic acids is 3. The fraction of sp³-hybridized carbons (Fsp3) is 0.350. The van der Waals surface area contributed by atoms with Gasteiger partial charge in [0, 0.05) is 24.7 Å². The normalized spacial score (nSPS) is 10.3. The number of benzene rings is 1. The molecule has 1 N–H and O–H groups in total. The smallest absolute Gasteiger partial charge is 0.341 e. The number of hydrogen-bond acceptors (Lipinski definition) is 7. The van der Waals surface area contributed by atoms with E-state index in [4.69, 9.17) is 9.47 Å². The van der Waals surface area contributed by atoms with Crippen molar-refractivity contribution in [3.8, 4) is 0 Å². The van der Waals surface area contributed by atoms with E-state index in [9.17, 15) is 14.4 Å². The van der Waals surface area contributed by atoms with E-state index in [1.54, 1.807) is 37.3 Å². The quantitative estimate of drug-likeness (QED) is 0.679. The minimum atomic E-state index is -0.591. The van der Waals surface area contributed by atoms with E-state index in [-0.39, 0.29) is 6.61 Å². The Bertz CT molecular complexity index is 843. The molecule has 2 aromatic rings. The number of ether oxygens (including phenoxy) is 2. The summed E-state index contributed by atoms with van der Waals surface area (Å²) >= 11 is 1.30. The lowest BCUT2D eigenvalue weighted by Crippen LogP contribution is -2.21. The first-order valence-corrected chi connectivity index (χ1v) is 9.71. The zero-order valence-corrected chi connectivity index (χ0v) is 17.2. The Labute approximate surface area is 168 Å². The number of aryl methyl sites for hydroxylation is 1. The Balaban J connectivity index is 1.97. The summed E-state index contributed by atoms with van der Waals surface area (Å²) in [6, 6.07) is 8.57. The lowest BCUT2D eigenvalue weighted by molar-refractivity contribution is -0.119. The first kappa shape index (κ1) is 21.4. The maximum Gasteiger partial charge on any atom is 0.341 e. The molecule has 0 atom stereocenters. The second-order valence-electron chi connectivity index (χ2n) is 6.10. The van der Waals surface area contributed by atoms with Gasteiger partial charge >= 0.3 is 11.9 Å². The van der Waals surface area contributed by atoms with Crippen molar-refractivity contribution in [2.24, 2.45) is 0 Å². The van der Waals surface area contributed by atoms with Crippen molar-refractivity contribution in [3.05, 3.63) is 46.3 Å². The zero-order valence-electron chi connectivity index (χ0n) is 16.4. The van der Waals surface area contributed by atoms with Gasteiger partial charge in [0.1, 0.15) is 5.00 Å². The highest BCUT2D eigenvalue weighted by atomic mass is 32.1. The molecule has 0 aliphatic heterocycles. The van der Waals surface area contributed by atoms with Crippen molar-refractivity contribution >= 4 is 39.9 Å². The molecular formula is C20H24N2O5S. The summed E-state index contributed by atoms with van der Waals surface area (Å²) in [6.07, 6.45) is 0.727. The van der Waals surface area contributed by atoms with Crippen LogP contribution in [-0.4, -0.2) is 45.2 Å². The topological polar surface area (TPSA) is 84.9 Å². The van der Waals surface area contributed by atoms with Crippen LogP contribution in [-0.2, 0) is 20.7 Å². The molecule has 0 radical (unpaired) electrons. The molecule has 0 fully saturated rings. The van der Waals surface area contributed by atoms with Crippen LogP contribution in [0.3, 0.4) is 0 Å². The highest BCUT2D eigenvalue weighted by Gasteiger charge is 2.19. The number of nitrogens with one attached hydrogen (secondary N) is 1. The number of carbonyl (C=O) groups is 3. The van der Waals surface area contributed by atoms with Gasteiger partial charge in [-0.1, -0.05) is 6.92 Å². The first-order valence-electron chi connectivity index (χ1n) is 8.89. The Kier molecular flexibility index (Phi) is 7.57. The van der Waals surface area contributed by atoms with Crippen LogP contribution in [0.15, 0.2) is 30.3 Å². The van der Waals surface area contributed by atoms with E-state index in [0.29, 0.717) is 16.1 Å². The van der Waals surface area contributed by atoms with E-state index >= 15 is 0 Å². The van der Waals surface area contributed by atoms with Gasteiger partial charge in [-0.3, -0.25) is 4.79 Å². The van der Waals surface area contributed by atoms with Gasteiger partial charge < -0.3 is 19.7 Å². The highest BCUT2D eigenvalue weighted by molar-refractivity contribution is 7.16. The van der Waals surface area contributed by atoms with Crippen molar-refractivity contribution in [3.63, 3.8) is 0 Å². The van der Waals surface area contributed by atoms with E-state index < -0.39 is 24.5 Å². The summed E-state index contributed by atoms with van der Waals surface area (Å²) in [4.78, 5) is 39.2. The van der Waals surface area contributed by atoms with Crippen LogP contribution in [0.4, 0.5) is 10.7 Å². The number of amides is 1. The fourth-order valence-electron chi connectivity index (χ4n) is 2.34. The lowest BCUT2D eigenvalue weighted by atomic mass is 10.2. The third-order valence-corrected chi connectivity index (χ3v) is 5.03. The summed E-state index contributed by atoms with van der Waals surface area (Å²) in [6.45, 7) is 3.47. The predicted octanol–water partition coefficient (Wildman–Crippen LogP) is 3.35. The molecule has 150 valence electrons. The average molecular weight is 404 g/mol. The van der Waals surface area contributed by atoms with Crippen LogP contribution < -0.4 is 10.2 Å².